The number of carbonyl (C=O) groups is 1. The van der Waals surface area contributed by atoms with Gasteiger partial charge in [-0.3, -0.25) is 4.79 Å². The van der Waals surface area contributed by atoms with Gasteiger partial charge >= 0.3 is 12.1 Å². The maximum atomic E-state index is 12.8. The fourth-order valence-electron chi connectivity index (χ4n) is 1.75. The van der Waals surface area contributed by atoms with E-state index < -0.39 is 42.7 Å². The van der Waals surface area contributed by atoms with Gasteiger partial charge < -0.3 is 4.74 Å². The highest BCUT2D eigenvalue weighted by molar-refractivity contribution is 5.73. The molecule has 0 amide bonds. The Morgan fingerprint density at radius 3 is 2.27 bits per heavy atom. The van der Waals surface area contributed by atoms with E-state index >= 15 is 0 Å². The molecule has 0 spiro atoms. The zero-order valence-corrected chi connectivity index (χ0v) is 7.78. The number of carbonyl (C=O) groups excluding carboxylic acids is 1. The molecule has 2 atom stereocenters. The van der Waals surface area contributed by atoms with Crippen molar-refractivity contribution in [3.05, 3.63) is 0 Å². The summed E-state index contributed by atoms with van der Waals surface area (Å²) in [6.07, 6.45) is -7.22. The Morgan fingerprint density at radius 2 is 1.87 bits per heavy atom. The second-order valence-corrected chi connectivity index (χ2v) is 3.54. The molecule has 1 rings (SSSR count). The molecule has 1 aliphatic carbocycles. The van der Waals surface area contributed by atoms with Gasteiger partial charge in [0.25, 0.3) is 0 Å². The van der Waals surface area contributed by atoms with Gasteiger partial charge in [-0.15, -0.1) is 0 Å². The third-order valence-electron chi connectivity index (χ3n) is 2.45. The number of ether oxygens (including phenoxy) is 1. The molecule has 1 saturated carbocycles. The van der Waals surface area contributed by atoms with E-state index in [4.69, 9.17) is 0 Å². The Balaban J connectivity index is 2.89. The van der Waals surface area contributed by atoms with Crippen molar-refractivity contribution in [3.8, 4) is 0 Å². The standard InChI is InChI=1S/C8H9F5O2/c1-15-6(14)4-2-7(9,10)3-5(4)8(11,12)13/h4-5H,2-3H2,1H3/t4?,5-/m1/s1. The van der Waals surface area contributed by atoms with Crippen molar-refractivity contribution in [1.29, 1.82) is 0 Å². The largest absolute Gasteiger partial charge is 0.469 e. The van der Waals surface area contributed by atoms with E-state index in [9.17, 15) is 26.7 Å². The number of hydrogen-bond donors (Lipinski definition) is 0. The van der Waals surface area contributed by atoms with Crippen LogP contribution in [-0.4, -0.2) is 25.2 Å². The predicted molar refractivity (Wildman–Crippen MR) is 39.2 cm³/mol. The molecule has 0 radical (unpaired) electrons. The Hall–Kier alpha value is -0.880. The molecule has 15 heavy (non-hydrogen) atoms. The second-order valence-electron chi connectivity index (χ2n) is 3.54. The van der Waals surface area contributed by atoms with Crippen molar-refractivity contribution in [3.63, 3.8) is 0 Å². The highest BCUT2D eigenvalue weighted by Gasteiger charge is 2.59. The van der Waals surface area contributed by atoms with Gasteiger partial charge in [-0.1, -0.05) is 0 Å². The zero-order valence-electron chi connectivity index (χ0n) is 7.78. The van der Waals surface area contributed by atoms with Crippen molar-refractivity contribution in [2.45, 2.75) is 24.9 Å². The van der Waals surface area contributed by atoms with E-state index in [-0.39, 0.29) is 0 Å². The highest BCUT2D eigenvalue weighted by atomic mass is 19.4. The molecule has 1 fully saturated rings. The summed E-state index contributed by atoms with van der Waals surface area (Å²) in [6, 6.07) is 0. The van der Waals surface area contributed by atoms with Gasteiger partial charge in [0, 0.05) is 12.8 Å². The van der Waals surface area contributed by atoms with Crippen molar-refractivity contribution in [1.82, 2.24) is 0 Å². The van der Waals surface area contributed by atoms with Crippen LogP contribution in [-0.2, 0) is 9.53 Å². The molecular weight excluding hydrogens is 223 g/mol. The van der Waals surface area contributed by atoms with Crippen LogP contribution in [0.25, 0.3) is 0 Å². The van der Waals surface area contributed by atoms with Gasteiger partial charge in [0.05, 0.1) is 18.9 Å². The van der Waals surface area contributed by atoms with E-state index in [1.165, 1.54) is 0 Å². The van der Waals surface area contributed by atoms with Crippen molar-refractivity contribution in [2.75, 3.05) is 7.11 Å². The van der Waals surface area contributed by atoms with Crippen molar-refractivity contribution in [2.24, 2.45) is 11.8 Å². The fraction of sp³-hybridized carbons (Fsp3) is 0.875. The van der Waals surface area contributed by atoms with Crippen LogP contribution in [0.1, 0.15) is 12.8 Å². The van der Waals surface area contributed by atoms with Crippen LogP contribution >= 0.6 is 0 Å². The lowest BCUT2D eigenvalue weighted by molar-refractivity contribution is -0.194. The van der Waals surface area contributed by atoms with Gasteiger partial charge in [0.15, 0.2) is 0 Å². The molecule has 1 unspecified atom stereocenters. The van der Waals surface area contributed by atoms with Gasteiger partial charge in [-0.2, -0.15) is 13.2 Å². The van der Waals surface area contributed by atoms with Crippen LogP contribution in [0.15, 0.2) is 0 Å². The molecule has 0 bridgehead atoms. The summed E-state index contributed by atoms with van der Waals surface area (Å²) in [5, 5.41) is 0. The Morgan fingerprint density at radius 1 is 1.33 bits per heavy atom. The van der Waals surface area contributed by atoms with Crippen molar-refractivity contribution < 1.29 is 31.5 Å². The van der Waals surface area contributed by atoms with E-state index in [0.29, 0.717) is 0 Å². The number of methoxy groups -OCH3 is 1. The Kier molecular flexibility index (Phi) is 2.93. The summed E-state index contributed by atoms with van der Waals surface area (Å²) >= 11 is 0. The number of rotatable bonds is 1. The van der Waals surface area contributed by atoms with E-state index in [1.54, 1.807) is 0 Å². The number of halogens is 5. The summed E-state index contributed by atoms with van der Waals surface area (Å²) in [5.74, 6) is -8.77. The molecule has 0 aromatic rings. The predicted octanol–water partition coefficient (Wildman–Crippen LogP) is 2.38. The maximum absolute atomic E-state index is 12.8. The summed E-state index contributed by atoms with van der Waals surface area (Å²) < 4.78 is 66.5. The first-order chi connectivity index (χ1) is 6.67. The van der Waals surface area contributed by atoms with Gasteiger partial charge in [0.2, 0.25) is 5.92 Å². The summed E-state index contributed by atoms with van der Waals surface area (Å²) in [4.78, 5) is 10.9. The molecular formula is C8H9F5O2. The molecule has 88 valence electrons. The average Bonchev–Trinajstić information content (AvgIpc) is 2.39. The third kappa shape index (κ3) is 2.57. The van der Waals surface area contributed by atoms with Crippen LogP contribution in [0, 0.1) is 11.8 Å². The van der Waals surface area contributed by atoms with Crippen LogP contribution < -0.4 is 0 Å². The van der Waals surface area contributed by atoms with E-state index in [2.05, 4.69) is 4.74 Å². The van der Waals surface area contributed by atoms with Crippen LogP contribution in [0.2, 0.25) is 0 Å². The summed E-state index contributed by atoms with van der Waals surface area (Å²) in [6.45, 7) is 0. The zero-order chi connectivity index (χ0) is 11.9. The number of hydrogen-bond acceptors (Lipinski definition) is 2. The fourth-order valence-corrected chi connectivity index (χ4v) is 1.75. The molecule has 0 aliphatic heterocycles. The first-order valence-electron chi connectivity index (χ1n) is 4.20. The first-order valence-corrected chi connectivity index (χ1v) is 4.20. The quantitative estimate of drug-likeness (QED) is 0.512. The van der Waals surface area contributed by atoms with Gasteiger partial charge in [-0.05, 0) is 0 Å². The van der Waals surface area contributed by atoms with Crippen LogP contribution in [0.3, 0.4) is 0 Å². The molecule has 0 aromatic heterocycles. The monoisotopic (exact) mass is 232 g/mol. The molecule has 0 heterocycles. The minimum absolute atomic E-state index is 0.881. The minimum Gasteiger partial charge on any atom is -0.469 e. The first kappa shape index (κ1) is 12.2. The van der Waals surface area contributed by atoms with Gasteiger partial charge in [0.1, 0.15) is 0 Å². The molecule has 1 aliphatic rings. The van der Waals surface area contributed by atoms with E-state index in [1.807, 2.05) is 0 Å². The van der Waals surface area contributed by atoms with Crippen LogP contribution in [0.5, 0.6) is 0 Å². The third-order valence-corrected chi connectivity index (χ3v) is 2.45. The molecule has 7 heteroatoms. The Labute approximate surface area is 82.4 Å². The molecule has 2 nitrogen and oxygen atoms in total. The molecule has 0 saturated heterocycles. The van der Waals surface area contributed by atoms with Crippen molar-refractivity contribution >= 4 is 5.97 Å². The van der Waals surface area contributed by atoms with E-state index in [0.717, 1.165) is 7.11 Å². The number of esters is 1. The summed E-state index contributed by atoms with van der Waals surface area (Å²) in [7, 11) is 0.881. The maximum Gasteiger partial charge on any atom is 0.392 e. The lowest BCUT2D eigenvalue weighted by Gasteiger charge is -2.19. The lowest BCUT2D eigenvalue weighted by Crippen LogP contribution is -2.31. The number of alkyl halides is 5. The molecule has 0 aromatic carbocycles. The topological polar surface area (TPSA) is 26.3 Å². The van der Waals surface area contributed by atoms with Gasteiger partial charge in [-0.25, -0.2) is 8.78 Å². The lowest BCUT2D eigenvalue weighted by atomic mass is 9.96. The second kappa shape index (κ2) is 3.61. The minimum atomic E-state index is -4.79. The summed E-state index contributed by atoms with van der Waals surface area (Å²) in [5.41, 5.74) is 0. The average molecular weight is 232 g/mol. The SMILES string of the molecule is COC(=O)C1CC(F)(F)C[C@H]1C(F)(F)F. The normalized spacial score (nSPS) is 30.3. The highest BCUT2D eigenvalue weighted by Crippen LogP contribution is 2.50. The van der Waals surface area contributed by atoms with Crippen LogP contribution in [0.4, 0.5) is 22.0 Å². The molecule has 0 N–H and O–H groups in total. The Bertz CT molecular complexity index is 260. The smallest absolute Gasteiger partial charge is 0.392 e.